The average molecular weight is 386 g/mol. The second kappa shape index (κ2) is 7.46. The highest BCUT2D eigenvalue weighted by atomic mass is 79.9. The summed E-state index contributed by atoms with van der Waals surface area (Å²) >= 11 is 3.91. The lowest BCUT2D eigenvalue weighted by Crippen LogP contribution is -2.23. The summed E-state index contributed by atoms with van der Waals surface area (Å²) in [5.41, 5.74) is 0.573. The zero-order chi connectivity index (χ0) is 16.1. The minimum Gasteiger partial charge on any atom is -0.467 e. The number of carbonyl (C=O) groups excluding carboxylic acids is 3. The third-order valence-corrected chi connectivity index (χ3v) is 3.92. The van der Waals surface area contributed by atoms with Crippen LogP contribution < -0.4 is 10.1 Å². The molecule has 22 heavy (non-hydrogen) atoms. The largest absolute Gasteiger partial charge is 0.467 e. The predicted octanol–water partition coefficient (Wildman–Crippen LogP) is 2.67. The number of ether oxygens (including phenoxy) is 2. The van der Waals surface area contributed by atoms with Crippen LogP contribution in [-0.2, 0) is 14.3 Å². The molecule has 1 aromatic rings. The van der Waals surface area contributed by atoms with Crippen molar-refractivity contribution < 1.29 is 23.9 Å². The molecule has 1 N–H and O–H groups in total. The highest BCUT2D eigenvalue weighted by molar-refractivity contribution is 9.09. The van der Waals surface area contributed by atoms with Gasteiger partial charge >= 0.3 is 5.97 Å². The number of benzene rings is 1. The van der Waals surface area contributed by atoms with Crippen LogP contribution in [0, 0.1) is 0 Å². The van der Waals surface area contributed by atoms with Gasteiger partial charge in [0.2, 0.25) is 5.01 Å². The van der Waals surface area contributed by atoms with E-state index in [1.54, 1.807) is 31.2 Å². The zero-order valence-electron chi connectivity index (χ0n) is 11.5. The SMILES string of the molecule is CCOC(=O)C(Br)Oc1ccccc1/C=C1\SC(=O)NC1=O. The van der Waals surface area contributed by atoms with Crippen LogP contribution in [0.4, 0.5) is 4.79 Å². The zero-order valence-corrected chi connectivity index (χ0v) is 13.9. The molecule has 0 spiro atoms. The second-order valence-electron chi connectivity index (χ2n) is 4.08. The molecule has 0 aliphatic carbocycles. The number of imide groups is 1. The Hall–Kier alpha value is -1.80. The van der Waals surface area contributed by atoms with Gasteiger partial charge in [0.15, 0.2) is 0 Å². The maximum atomic E-state index is 11.6. The minimum absolute atomic E-state index is 0.245. The standard InChI is InChI=1S/C14H12BrNO5S/c1-2-20-13(18)11(15)21-9-6-4-3-5-8(9)7-10-12(17)16-14(19)22-10/h3-7,11H,2H2,1H3,(H,16,17,19)/b10-7-. The van der Waals surface area contributed by atoms with Crippen molar-refractivity contribution in [2.75, 3.05) is 6.61 Å². The first-order chi connectivity index (χ1) is 10.5. The van der Waals surface area contributed by atoms with E-state index in [-0.39, 0.29) is 11.5 Å². The van der Waals surface area contributed by atoms with Crippen LogP contribution in [0.25, 0.3) is 6.08 Å². The first-order valence-electron chi connectivity index (χ1n) is 6.32. The summed E-state index contributed by atoms with van der Waals surface area (Å²) in [5, 5.41) is 0.798. The van der Waals surface area contributed by atoms with Crippen molar-refractivity contribution >= 4 is 50.9 Å². The molecule has 2 rings (SSSR count). The van der Waals surface area contributed by atoms with Gasteiger partial charge in [0.1, 0.15) is 5.75 Å². The Labute approximate surface area is 139 Å². The van der Waals surface area contributed by atoms with Gasteiger partial charge in [-0.15, -0.1) is 0 Å². The number of nitrogens with one attached hydrogen (secondary N) is 1. The molecule has 1 fully saturated rings. The number of esters is 1. The van der Waals surface area contributed by atoms with Gasteiger partial charge < -0.3 is 9.47 Å². The van der Waals surface area contributed by atoms with Gasteiger partial charge in [-0.05, 0) is 46.8 Å². The number of thioether (sulfide) groups is 1. The van der Waals surface area contributed by atoms with Crippen molar-refractivity contribution in [1.29, 1.82) is 0 Å². The summed E-state index contributed by atoms with van der Waals surface area (Å²) in [5.74, 6) is -0.614. The van der Waals surface area contributed by atoms with Gasteiger partial charge in [0.05, 0.1) is 11.5 Å². The Balaban J connectivity index is 2.20. The molecule has 0 bridgehead atoms. The lowest BCUT2D eigenvalue weighted by molar-refractivity contribution is -0.146. The Morgan fingerprint density at radius 3 is 2.77 bits per heavy atom. The third kappa shape index (κ3) is 4.11. The van der Waals surface area contributed by atoms with E-state index < -0.39 is 22.1 Å². The van der Waals surface area contributed by atoms with Crippen LogP contribution in [0.2, 0.25) is 0 Å². The number of para-hydroxylation sites is 1. The Morgan fingerprint density at radius 2 is 2.14 bits per heavy atom. The van der Waals surface area contributed by atoms with Crippen LogP contribution in [0.15, 0.2) is 29.2 Å². The maximum absolute atomic E-state index is 11.6. The molecule has 1 unspecified atom stereocenters. The Kier molecular flexibility index (Phi) is 5.62. The first kappa shape index (κ1) is 16.6. The quantitative estimate of drug-likeness (QED) is 0.476. The average Bonchev–Trinajstić information content (AvgIpc) is 2.79. The molecule has 1 aliphatic rings. The lowest BCUT2D eigenvalue weighted by atomic mass is 10.2. The van der Waals surface area contributed by atoms with Gasteiger partial charge in [0, 0.05) is 5.56 Å². The van der Waals surface area contributed by atoms with E-state index in [0.29, 0.717) is 11.3 Å². The topological polar surface area (TPSA) is 81.7 Å². The molecule has 1 aliphatic heterocycles. The van der Waals surface area contributed by atoms with Gasteiger partial charge in [-0.1, -0.05) is 18.2 Å². The highest BCUT2D eigenvalue weighted by Crippen LogP contribution is 2.29. The first-order valence-corrected chi connectivity index (χ1v) is 8.05. The second-order valence-corrected chi connectivity index (χ2v) is 5.92. The minimum atomic E-state index is -0.960. The van der Waals surface area contributed by atoms with Crippen molar-refractivity contribution in [3.05, 3.63) is 34.7 Å². The molecule has 1 saturated heterocycles. The fourth-order valence-corrected chi connectivity index (χ4v) is 2.64. The van der Waals surface area contributed by atoms with Gasteiger partial charge in [0.25, 0.3) is 11.1 Å². The molecule has 1 heterocycles. The number of halogens is 1. The number of alkyl halides is 1. The monoisotopic (exact) mass is 385 g/mol. The number of hydrogen-bond acceptors (Lipinski definition) is 6. The lowest BCUT2D eigenvalue weighted by Gasteiger charge is -2.13. The highest BCUT2D eigenvalue weighted by Gasteiger charge is 2.26. The molecule has 0 saturated carbocycles. The molecule has 0 radical (unpaired) electrons. The van der Waals surface area contributed by atoms with E-state index in [1.807, 2.05) is 0 Å². The van der Waals surface area contributed by atoms with Crippen molar-refractivity contribution in [1.82, 2.24) is 5.32 Å². The molecular weight excluding hydrogens is 374 g/mol. The summed E-state index contributed by atoms with van der Waals surface area (Å²) in [7, 11) is 0. The normalized spacial score (nSPS) is 17.3. The smallest absolute Gasteiger partial charge is 0.358 e. The van der Waals surface area contributed by atoms with E-state index in [2.05, 4.69) is 21.2 Å². The molecule has 0 aromatic heterocycles. The van der Waals surface area contributed by atoms with Crippen molar-refractivity contribution in [3.8, 4) is 5.75 Å². The van der Waals surface area contributed by atoms with Crippen molar-refractivity contribution in [2.24, 2.45) is 0 Å². The summed E-state index contributed by atoms with van der Waals surface area (Å²) in [6, 6.07) is 6.85. The van der Waals surface area contributed by atoms with E-state index in [0.717, 1.165) is 11.8 Å². The molecule has 2 amide bonds. The number of carbonyl (C=O) groups is 3. The van der Waals surface area contributed by atoms with Crippen LogP contribution in [0.1, 0.15) is 12.5 Å². The summed E-state index contributed by atoms with van der Waals surface area (Å²) in [6.45, 7) is 1.94. The number of hydrogen-bond donors (Lipinski definition) is 1. The molecule has 1 aromatic carbocycles. The van der Waals surface area contributed by atoms with Crippen LogP contribution in [0.5, 0.6) is 5.75 Å². The van der Waals surface area contributed by atoms with E-state index in [9.17, 15) is 14.4 Å². The third-order valence-electron chi connectivity index (χ3n) is 2.55. The predicted molar refractivity (Wildman–Crippen MR) is 85.5 cm³/mol. The summed E-state index contributed by atoms with van der Waals surface area (Å²) in [4.78, 5) is 34.6. The van der Waals surface area contributed by atoms with E-state index >= 15 is 0 Å². The van der Waals surface area contributed by atoms with Crippen molar-refractivity contribution in [3.63, 3.8) is 0 Å². The number of rotatable bonds is 5. The van der Waals surface area contributed by atoms with E-state index in [4.69, 9.17) is 9.47 Å². The van der Waals surface area contributed by atoms with Crippen LogP contribution in [0.3, 0.4) is 0 Å². The molecular formula is C14H12BrNO5S. The number of amides is 2. The van der Waals surface area contributed by atoms with Crippen LogP contribution in [-0.4, -0.2) is 28.7 Å². The molecule has 8 heteroatoms. The van der Waals surface area contributed by atoms with Crippen molar-refractivity contribution in [2.45, 2.75) is 11.9 Å². The van der Waals surface area contributed by atoms with Gasteiger partial charge in [-0.3, -0.25) is 14.9 Å². The van der Waals surface area contributed by atoms with E-state index in [1.165, 1.54) is 6.08 Å². The summed E-state index contributed by atoms with van der Waals surface area (Å²) < 4.78 is 10.3. The van der Waals surface area contributed by atoms with Gasteiger partial charge in [-0.2, -0.15) is 0 Å². The maximum Gasteiger partial charge on any atom is 0.358 e. The molecule has 116 valence electrons. The Morgan fingerprint density at radius 1 is 1.41 bits per heavy atom. The summed E-state index contributed by atoms with van der Waals surface area (Å²) in [6.07, 6.45) is 1.53. The van der Waals surface area contributed by atoms with Crippen LogP contribution >= 0.6 is 27.7 Å². The molecule has 1 atom stereocenters. The fourth-order valence-electron chi connectivity index (χ4n) is 1.64. The molecule has 6 nitrogen and oxygen atoms in total. The fraction of sp³-hybridized carbons (Fsp3) is 0.214. The Bertz CT molecular complexity index is 646. The van der Waals surface area contributed by atoms with Gasteiger partial charge in [-0.25, -0.2) is 4.79 Å².